The average Bonchev–Trinajstić information content (AvgIpc) is 2.71. The van der Waals surface area contributed by atoms with Crippen molar-refractivity contribution in [3.63, 3.8) is 0 Å². The van der Waals surface area contributed by atoms with Gasteiger partial charge in [-0.3, -0.25) is 19.4 Å². The largest absolute Gasteiger partial charge is 0.333 e. The number of barbiturate groups is 1. The number of nitrogens with zero attached hydrogens (tertiary/aromatic N) is 6. The summed E-state index contributed by atoms with van der Waals surface area (Å²) in [6.07, 6.45) is 0. The molecule has 0 bridgehead atoms. The van der Waals surface area contributed by atoms with Crippen molar-refractivity contribution < 1.29 is 14.4 Å². The van der Waals surface area contributed by atoms with Gasteiger partial charge in [0, 0.05) is 14.1 Å². The van der Waals surface area contributed by atoms with Crippen molar-refractivity contribution in [2.24, 2.45) is 20.5 Å². The maximum absolute atomic E-state index is 12.1. The van der Waals surface area contributed by atoms with E-state index in [1.54, 1.807) is 18.2 Å². The number of imide groups is 2. The van der Waals surface area contributed by atoms with Gasteiger partial charge in [-0.25, -0.2) is 4.79 Å². The van der Waals surface area contributed by atoms with Crippen molar-refractivity contribution in [3.8, 4) is 0 Å². The number of aryl methyl sites for hydroxylation is 1. The quantitative estimate of drug-likeness (QED) is 0.594. The molecule has 0 unspecified atom stereocenters. The molecule has 0 radical (unpaired) electrons. The molecule has 0 atom stereocenters. The first-order valence-electron chi connectivity index (χ1n) is 8.46. The zero-order chi connectivity index (χ0) is 20.3. The highest BCUT2D eigenvalue weighted by atomic mass is 16.2. The normalized spacial score (nSPS) is 16.0. The SMILES string of the molecule is Cc1cc(N=NC2C(=O)N(C)C(=O)N(C)C2=O)ccc1/N=N\c1ccccc1. The smallest absolute Gasteiger partial charge is 0.271 e. The monoisotopic (exact) mass is 378 g/mol. The van der Waals surface area contributed by atoms with Crippen molar-refractivity contribution in [2.45, 2.75) is 13.0 Å². The predicted octanol–water partition coefficient (Wildman–Crippen LogP) is 3.91. The number of urea groups is 1. The summed E-state index contributed by atoms with van der Waals surface area (Å²) in [5.41, 5.74) is 2.67. The molecular formula is C19H18N6O3. The highest BCUT2D eigenvalue weighted by molar-refractivity contribution is 6.18. The Bertz CT molecular complexity index is 962. The van der Waals surface area contributed by atoms with Crippen LogP contribution in [0, 0.1) is 6.92 Å². The fourth-order valence-electron chi connectivity index (χ4n) is 2.53. The zero-order valence-electron chi connectivity index (χ0n) is 15.6. The summed E-state index contributed by atoms with van der Waals surface area (Å²) < 4.78 is 0. The second kappa shape index (κ2) is 7.87. The molecule has 9 nitrogen and oxygen atoms in total. The van der Waals surface area contributed by atoms with Gasteiger partial charge in [-0.2, -0.15) is 20.5 Å². The maximum Gasteiger partial charge on any atom is 0.333 e. The molecule has 1 saturated heterocycles. The predicted molar refractivity (Wildman–Crippen MR) is 101 cm³/mol. The molecule has 1 aliphatic rings. The minimum atomic E-state index is -1.37. The van der Waals surface area contributed by atoms with Crippen LogP contribution in [0.25, 0.3) is 0 Å². The number of amides is 4. The minimum Gasteiger partial charge on any atom is -0.271 e. The minimum absolute atomic E-state index is 0.457. The first-order valence-corrected chi connectivity index (χ1v) is 8.46. The van der Waals surface area contributed by atoms with E-state index in [1.807, 2.05) is 37.3 Å². The molecule has 1 aliphatic heterocycles. The van der Waals surface area contributed by atoms with E-state index in [-0.39, 0.29) is 0 Å². The lowest BCUT2D eigenvalue weighted by Gasteiger charge is -2.30. The van der Waals surface area contributed by atoms with Gasteiger partial charge < -0.3 is 0 Å². The van der Waals surface area contributed by atoms with Crippen molar-refractivity contribution in [3.05, 3.63) is 54.1 Å². The molecule has 28 heavy (non-hydrogen) atoms. The van der Waals surface area contributed by atoms with Gasteiger partial charge in [0.15, 0.2) is 0 Å². The fraction of sp³-hybridized carbons (Fsp3) is 0.211. The van der Waals surface area contributed by atoms with Crippen molar-refractivity contribution in [1.82, 2.24) is 9.80 Å². The Hall–Kier alpha value is -3.75. The Balaban J connectivity index is 1.77. The first kappa shape index (κ1) is 19.0. The summed E-state index contributed by atoms with van der Waals surface area (Å²) in [7, 11) is 2.60. The van der Waals surface area contributed by atoms with Crippen molar-refractivity contribution in [2.75, 3.05) is 14.1 Å². The van der Waals surface area contributed by atoms with E-state index in [2.05, 4.69) is 20.5 Å². The topological polar surface area (TPSA) is 107 Å². The lowest BCUT2D eigenvalue weighted by molar-refractivity contribution is -0.143. The van der Waals surface area contributed by atoms with Gasteiger partial charge in [0.05, 0.1) is 17.1 Å². The molecule has 2 aromatic rings. The Morgan fingerprint density at radius 1 is 0.786 bits per heavy atom. The lowest BCUT2D eigenvalue weighted by atomic mass is 10.2. The number of likely N-dealkylation sites (N-methyl/N-ethyl adjacent to an activating group) is 2. The van der Waals surface area contributed by atoms with Crippen LogP contribution in [-0.2, 0) is 9.59 Å². The van der Waals surface area contributed by atoms with Crippen LogP contribution in [0.15, 0.2) is 69.0 Å². The van der Waals surface area contributed by atoms with Gasteiger partial charge in [-0.05, 0) is 42.8 Å². The summed E-state index contributed by atoms with van der Waals surface area (Å²) >= 11 is 0. The van der Waals surface area contributed by atoms with Crippen LogP contribution < -0.4 is 0 Å². The van der Waals surface area contributed by atoms with Gasteiger partial charge >= 0.3 is 6.03 Å². The molecule has 4 amide bonds. The molecule has 0 saturated carbocycles. The van der Waals surface area contributed by atoms with Gasteiger partial charge in [0.25, 0.3) is 11.8 Å². The van der Waals surface area contributed by atoms with Gasteiger partial charge in [0.2, 0.25) is 6.04 Å². The second-order valence-electron chi connectivity index (χ2n) is 6.20. The van der Waals surface area contributed by atoms with Gasteiger partial charge in [0.1, 0.15) is 0 Å². The molecule has 0 aliphatic carbocycles. The molecule has 142 valence electrons. The number of carbonyl (C=O) groups excluding carboxylic acids is 3. The van der Waals surface area contributed by atoms with Crippen LogP contribution in [0.5, 0.6) is 0 Å². The molecule has 0 N–H and O–H groups in total. The highest BCUT2D eigenvalue weighted by Crippen LogP contribution is 2.26. The van der Waals surface area contributed by atoms with Crippen molar-refractivity contribution in [1.29, 1.82) is 0 Å². The number of hydrogen-bond acceptors (Lipinski definition) is 7. The third kappa shape index (κ3) is 3.83. The Labute approximate surface area is 161 Å². The first-order chi connectivity index (χ1) is 13.4. The van der Waals surface area contributed by atoms with Crippen LogP contribution in [0.3, 0.4) is 0 Å². The van der Waals surface area contributed by atoms with Crippen LogP contribution in [-0.4, -0.2) is 47.8 Å². The number of rotatable bonds is 4. The van der Waals surface area contributed by atoms with E-state index in [9.17, 15) is 14.4 Å². The van der Waals surface area contributed by atoms with E-state index in [0.29, 0.717) is 11.4 Å². The maximum atomic E-state index is 12.1. The Morgan fingerprint density at radius 3 is 2.04 bits per heavy atom. The number of carbonyl (C=O) groups is 3. The van der Waals surface area contributed by atoms with Crippen LogP contribution in [0.2, 0.25) is 0 Å². The molecule has 1 heterocycles. The zero-order valence-corrected chi connectivity index (χ0v) is 15.6. The molecule has 1 fully saturated rings. The summed E-state index contributed by atoms with van der Waals surface area (Å²) in [6.45, 7) is 1.84. The summed E-state index contributed by atoms with van der Waals surface area (Å²) in [6, 6.07) is 12.4. The summed E-state index contributed by atoms with van der Waals surface area (Å²) in [4.78, 5) is 37.7. The van der Waals surface area contributed by atoms with E-state index in [1.165, 1.54) is 14.1 Å². The van der Waals surface area contributed by atoms with Gasteiger partial charge in [-0.1, -0.05) is 18.2 Å². The number of hydrogen-bond donors (Lipinski definition) is 0. The number of azo groups is 2. The number of benzene rings is 2. The van der Waals surface area contributed by atoms with E-state index in [4.69, 9.17) is 0 Å². The highest BCUT2D eigenvalue weighted by Gasteiger charge is 2.42. The third-order valence-corrected chi connectivity index (χ3v) is 4.20. The molecular weight excluding hydrogens is 360 g/mol. The standard InChI is InChI=1S/C19H18N6O3/c1-12-11-14(9-10-15(12)22-20-13-7-5-4-6-8-13)21-23-16-17(26)24(2)19(28)25(3)18(16)27/h4-11,16H,1-3H3/b22-20-,23-21?. The molecule has 0 aromatic heterocycles. The van der Waals surface area contributed by atoms with Crippen molar-refractivity contribution >= 4 is 34.9 Å². The molecule has 3 rings (SSSR count). The molecule has 2 aromatic carbocycles. The average molecular weight is 378 g/mol. The van der Waals surface area contributed by atoms with Gasteiger partial charge in [-0.15, -0.1) is 0 Å². The van der Waals surface area contributed by atoms with E-state index < -0.39 is 23.9 Å². The van der Waals surface area contributed by atoms with Crippen LogP contribution in [0.1, 0.15) is 5.56 Å². The Morgan fingerprint density at radius 2 is 1.43 bits per heavy atom. The lowest BCUT2D eigenvalue weighted by Crippen LogP contribution is -2.58. The molecule has 0 spiro atoms. The van der Waals surface area contributed by atoms with Crippen LogP contribution >= 0.6 is 0 Å². The van der Waals surface area contributed by atoms with Crippen LogP contribution in [0.4, 0.5) is 21.9 Å². The van der Waals surface area contributed by atoms with E-state index in [0.717, 1.165) is 21.1 Å². The second-order valence-corrected chi connectivity index (χ2v) is 6.20. The fourth-order valence-corrected chi connectivity index (χ4v) is 2.53. The third-order valence-electron chi connectivity index (χ3n) is 4.20. The van der Waals surface area contributed by atoms with E-state index >= 15 is 0 Å². The summed E-state index contributed by atoms with van der Waals surface area (Å²) in [5.74, 6) is -1.41. The Kier molecular flexibility index (Phi) is 5.35. The summed E-state index contributed by atoms with van der Waals surface area (Å²) in [5, 5.41) is 16.2. The molecule has 9 heteroatoms.